The van der Waals surface area contributed by atoms with Crippen LogP contribution in [0.2, 0.25) is 0 Å². The summed E-state index contributed by atoms with van der Waals surface area (Å²) in [5, 5.41) is 3.06. The number of hydrogen-bond donors (Lipinski definition) is 1. The highest BCUT2D eigenvalue weighted by Gasteiger charge is 2.03. The van der Waals surface area contributed by atoms with Crippen molar-refractivity contribution in [1.82, 2.24) is 5.32 Å². The van der Waals surface area contributed by atoms with Crippen molar-refractivity contribution < 1.29 is 4.42 Å². The van der Waals surface area contributed by atoms with Crippen LogP contribution in [0.25, 0.3) is 11.3 Å². The lowest BCUT2D eigenvalue weighted by Gasteiger charge is -1.97. The first-order valence-electron chi connectivity index (χ1n) is 4.79. The predicted octanol–water partition coefficient (Wildman–Crippen LogP) is 3.43. The number of furan rings is 1. The van der Waals surface area contributed by atoms with E-state index in [0.717, 1.165) is 28.1 Å². The first kappa shape index (κ1) is 10.5. The molecule has 0 aliphatic rings. The molecule has 1 aromatic carbocycles. The van der Waals surface area contributed by atoms with Crippen LogP contribution in [0.5, 0.6) is 0 Å². The monoisotopic (exact) mass is 265 g/mol. The number of nitrogens with one attached hydrogen (secondary N) is 1. The summed E-state index contributed by atoms with van der Waals surface area (Å²) in [4.78, 5) is 0. The molecule has 15 heavy (non-hydrogen) atoms. The van der Waals surface area contributed by atoms with Crippen LogP contribution in [0.3, 0.4) is 0 Å². The third kappa shape index (κ3) is 2.49. The van der Waals surface area contributed by atoms with Gasteiger partial charge < -0.3 is 9.73 Å². The van der Waals surface area contributed by atoms with Gasteiger partial charge in [0.05, 0.1) is 6.54 Å². The van der Waals surface area contributed by atoms with E-state index < -0.39 is 0 Å². The Kier molecular flexibility index (Phi) is 3.23. The third-order valence-corrected chi connectivity index (χ3v) is 2.67. The Morgan fingerprint density at radius 3 is 2.53 bits per heavy atom. The van der Waals surface area contributed by atoms with Crippen LogP contribution in [-0.2, 0) is 6.54 Å². The van der Waals surface area contributed by atoms with Gasteiger partial charge in [-0.25, -0.2) is 0 Å². The van der Waals surface area contributed by atoms with E-state index in [1.165, 1.54) is 0 Å². The lowest BCUT2D eigenvalue weighted by atomic mass is 10.2. The van der Waals surface area contributed by atoms with E-state index in [9.17, 15) is 0 Å². The first-order chi connectivity index (χ1) is 7.29. The molecule has 0 saturated heterocycles. The molecule has 0 bridgehead atoms. The summed E-state index contributed by atoms with van der Waals surface area (Å²) in [7, 11) is 1.90. The van der Waals surface area contributed by atoms with Crippen LogP contribution in [-0.4, -0.2) is 7.05 Å². The van der Waals surface area contributed by atoms with Crippen molar-refractivity contribution in [2.75, 3.05) is 7.05 Å². The van der Waals surface area contributed by atoms with Gasteiger partial charge in [0.1, 0.15) is 11.5 Å². The second kappa shape index (κ2) is 4.64. The average molecular weight is 266 g/mol. The third-order valence-electron chi connectivity index (χ3n) is 2.14. The Morgan fingerprint density at radius 2 is 1.87 bits per heavy atom. The van der Waals surface area contributed by atoms with E-state index in [2.05, 4.69) is 21.2 Å². The van der Waals surface area contributed by atoms with Gasteiger partial charge >= 0.3 is 0 Å². The molecular formula is C12H12BrNO. The molecule has 2 nitrogen and oxygen atoms in total. The Bertz CT molecular complexity index is 433. The van der Waals surface area contributed by atoms with E-state index >= 15 is 0 Å². The second-order valence-electron chi connectivity index (χ2n) is 3.30. The van der Waals surface area contributed by atoms with Crippen molar-refractivity contribution in [2.45, 2.75) is 6.54 Å². The Balaban J connectivity index is 2.25. The topological polar surface area (TPSA) is 25.2 Å². The lowest BCUT2D eigenvalue weighted by Crippen LogP contribution is -2.03. The van der Waals surface area contributed by atoms with Crippen molar-refractivity contribution in [2.24, 2.45) is 0 Å². The van der Waals surface area contributed by atoms with Crippen molar-refractivity contribution in [3.05, 3.63) is 46.6 Å². The highest BCUT2D eigenvalue weighted by Crippen LogP contribution is 2.23. The lowest BCUT2D eigenvalue weighted by molar-refractivity contribution is 0.507. The van der Waals surface area contributed by atoms with Gasteiger partial charge in [-0.1, -0.05) is 28.1 Å². The molecule has 2 aromatic rings. The molecule has 78 valence electrons. The zero-order chi connectivity index (χ0) is 10.7. The van der Waals surface area contributed by atoms with Crippen LogP contribution >= 0.6 is 15.9 Å². The van der Waals surface area contributed by atoms with Gasteiger partial charge in [-0.05, 0) is 31.3 Å². The Labute approximate surface area is 97.4 Å². The molecular weight excluding hydrogens is 254 g/mol. The van der Waals surface area contributed by atoms with Gasteiger partial charge in [0.2, 0.25) is 0 Å². The minimum atomic E-state index is 0.760. The maximum atomic E-state index is 5.67. The fraction of sp³-hybridized carbons (Fsp3) is 0.167. The molecule has 2 rings (SSSR count). The predicted molar refractivity (Wildman–Crippen MR) is 64.6 cm³/mol. The normalized spacial score (nSPS) is 10.5. The zero-order valence-corrected chi connectivity index (χ0v) is 10.0. The molecule has 0 aliphatic heterocycles. The first-order valence-corrected chi connectivity index (χ1v) is 5.58. The minimum absolute atomic E-state index is 0.760. The number of rotatable bonds is 3. The van der Waals surface area contributed by atoms with Crippen molar-refractivity contribution in [3.63, 3.8) is 0 Å². The number of benzene rings is 1. The van der Waals surface area contributed by atoms with Gasteiger partial charge in [0, 0.05) is 10.0 Å². The number of hydrogen-bond acceptors (Lipinski definition) is 2. The fourth-order valence-corrected chi connectivity index (χ4v) is 1.68. The molecule has 1 aromatic heterocycles. The molecule has 0 unspecified atom stereocenters. The van der Waals surface area contributed by atoms with E-state index in [0.29, 0.717) is 0 Å². The molecule has 0 radical (unpaired) electrons. The largest absolute Gasteiger partial charge is 0.460 e. The van der Waals surface area contributed by atoms with Gasteiger partial charge in [0.15, 0.2) is 0 Å². The van der Waals surface area contributed by atoms with Crippen LogP contribution in [0.1, 0.15) is 5.76 Å². The number of halogens is 1. The average Bonchev–Trinajstić information content (AvgIpc) is 2.68. The summed E-state index contributed by atoms with van der Waals surface area (Å²) < 4.78 is 6.75. The van der Waals surface area contributed by atoms with Crippen LogP contribution in [0.15, 0.2) is 45.3 Å². The standard InChI is InChI=1S/C12H12BrNO/c1-14-8-11-6-7-12(15-11)9-2-4-10(13)5-3-9/h2-7,14H,8H2,1H3. The van der Waals surface area contributed by atoms with Gasteiger partial charge in [-0.15, -0.1) is 0 Å². The fourth-order valence-electron chi connectivity index (χ4n) is 1.42. The molecule has 1 N–H and O–H groups in total. The van der Waals surface area contributed by atoms with E-state index in [-0.39, 0.29) is 0 Å². The Hall–Kier alpha value is -1.06. The molecule has 0 atom stereocenters. The van der Waals surface area contributed by atoms with Gasteiger partial charge in [0.25, 0.3) is 0 Å². The van der Waals surface area contributed by atoms with E-state index in [1.807, 2.05) is 43.4 Å². The molecule has 0 aliphatic carbocycles. The highest BCUT2D eigenvalue weighted by molar-refractivity contribution is 9.10. The summed E-state index contributed by atoms with van der Waals surface area (Å²) in [6, 6.07) is 12.1. The van der Waals surface area contributed by atoms with E-state index in [4.69, 9.17) is 4.42 Å². The van der Waals surface area contributed by atoms with Gasteiger partial charge in [-0.2, -0.15) is 0 Å². The van der Waals surface area contributed by atoms with E-state index in [1.54, 1.807) is 0 Å². The van der Waals surface area contributed by atoms with Crippen molar-refractivity contribution in [1.29, 1.82) is 0 Å². The van der Waals surface area contributed by atoms with Crippen molar-refractivity contribution in [3.8, 4) is 11.3 Å². The maximum Gasteiger partial charge on any atom is 0.134 e. The summed E-state index contributed by atoms with van der Waals surface area (Å²) in [5.74, 6) is 1.86. The SMILES string of the molecule is CNCc1ccc(-c2ccc(Br)cc2)o1. The summed E-state index contributed by atoms with van der Waals surface area (Å²) in [5.41, 5.74) is 1.10. The van der Waals surface area contributed by atoms with Crippen LogP contribution in [0.4, 0.5) is 0 Å². The molecule has 0 spiro atoms. The molecule has 0 fully saturated rings. The second-order valence-corrected chi connectivity index (χ2v) is 4.22. The molecule has 0 amide bonds. The molecule has 1 heterocycles. The summed E-state index contributed by atoms with van der Waals surface area (Å²) >= 11 is 3.41. The van der Waals surface area contributed by atoms with Gasteiger partial charge in [-0.3, -0.25) is 0 Å². The summed E-state index contributed by atoms with van der Waals surface area (Å²) in [6.07, 6.45) is 0. The summed E-state index contributed by atoms with van der Waals surface area (Å²) in [6.45, 7) is 0.760. The van der Waals surface area contributed by atoms with Crippen molar-refractivity contribution >= 4 is 15.9 Å². The highest BCUT2D eigenvalue weighted by atomic mass is 79.9. The van der Waals surface area contributed by atoms with Crippen LogP contribution in [0, 0.1) is 0 Å². The minimum Gasteiger partial charge on any atom is -0.460 e. The Morgan fingerprint density at radius 1 is 1.13 bits per heavy atom. The smallest absolute Gasteiger partial charge is 0.134 e. The quantitative estimate of drug-likeness (QED) is 0.920. The van der Waals surface area contributed by atoms with Crippen LogP contribution < -0.4 is 5.32 Å². The zero-order valence-electron chi connectivity index (χ0n) is 8.46. The molecule has 0 saturated carbocycles. The maximum absolute atomic E-state index is 5.67. The molecule has 3 heteroatoms.